The Morgan fingerprint density at radius 1 is 1.26 bits per heavy atom. The minimum absolute atomic E-state index is 0.00318. The lowest BCUT2D eigenvalue weighted by atomic mass is 10.2. The van der Waals surface area contributed by atoms with E-state index in [4.69, 9.17) is 4.42 Å². The van der Waals surface area contributed by atoms with E-state index in [1.54, 1.807) is 6.26 Å². The number of hydrogen-bond acceptors (Lipinski definition) is 3. The van der Waals surface area contributed by atoms with E-state index >= 15 is 0 Å². The number of fused-ring (bicyclic) bond motifs is 1. The van der Waals surface area contributed by atoms with E-state index in [9.17, 15) is 4.79 Å². The summed E-state index contributed by atoms with van der Waals surface area (Å²) < 4.78 is 5.44. The number of carbonyl (C=O) groups excluding carboxylic acids is 1. The van der Waals surface area contributed by atoms with Gasteiger partial charge in [0.15, 0.2) is 0 Å². The highest BCUT2D eigenvalue weighted by atomic mass is 16.3. The van der Waals surface area contributed by atoms with Crippen molar-refractivity contribution in [1.29, 1.82) is 0 Å². The van der Waals surface area contributed by atoms with Crippen LogP contribution < -0.4 is 5.32 Å². The van der Waals surface area contributed by atoms with Gasteiger partial charge in [-0.2, -0.15) is 0 Å². The molecule has 1 aliphatic carbocycles. The minimum Gasteiger partial charge on any atom is -0.464 e. The molecule has 0 bridgehead atoms. The van der Waals surface area contributed by atoms with Gasteiger partial charge in [-0.15, -0.1) is 0 Å². The van der Waals surface area contributed by atoms with Crippen LogP contribution in [0.3, 0.4) is 0 Å². The number of hydrogen-bond donors (Lipinski definition) is 1. The molecule has 4 rings (SSSR count). The SMILES string of the molecule is Cc1coc2ccc(NC(=O)N3CCN(CC4CC4)CC3)cc12. The number of nitrogens with zero attached hydrogens (tertiary/aromatic N) is 2. The summed E-state index contributed by atoms with van der Waals surface area (Å²) in [6.45, 7) is 6.83. The Balaban J connectivity index is 1.36. The first kappa shape index (κ1) is 14.6. The van der Waals surface area contributed by atoms with Crippen LogP contribution in [0.1, 0.15) is 18.4 Å². The van der Waals surface area contributed by atoms with Crippen LogP contribution in [-0.2, 0) is 0 Å². The Morgan fingerprint density at radius 2 is 2.04 bits per heavy atom. The lowest BCUT2D eigenvalue weighted by Gasteiger charge is -2.34. The van der Waals surface area contributed by atoms with Crippen molar-refractivity contribution < 1.29 is 9.21 Å². The van der Waals surface area contributed by atoms with Gasteiger partial charge in [0.25, 0.3) is 0 Å². The van der Waals surface area contributed by atoms with Crippen LogP contribution in [0, 0.1) is 12.8 Å². The molecule has 1 aliphatic heterocycles. The van der Waals surface area contributed by atoms with Crippen molar-refractivity contribution in [2.24, 2.45) is 5.92 Å². The monoisotopic (exact) mass is 313 g/mol. The maximum Gasteiger partial charge on any atom is 0.321 e. The molecule has 5 nitrogen and oxygen atoms in total. The number of amides is 2. The highest BCUT2D eigenvalue weighted by Crippen LogP contribution is 2.30. The quantitative estimate of drug-likeness (QED) is 0.946. The first-order chi connectivity index (χ1) is 11.2. The first-order valence-corrected chi connectivity index (χ1v) is 8.45. The molecule has 2 heterocycles. The van der Waals surface area contributed by atoms with Crippen LogP contribution in [0.5, 0.6) is 0 Å². The number of urea groups is 1. The van der Waals surface area contributed by atoms with Crippen LogP contribution in [-0.4, -0.2) is 48.6 Å². The van der Waals surface area contributed by atoms with Gasteiger partial charge in [-0.1, -0.05) is 0 Å². The van der Waals surface area contributed by atoms with E-state index in [0.717, 1.165) is 54.3 Å². The summed E-state index contributed by atoms with van der Waals surface area (Å²) in [5.41, 5.74) is 2.77. The normalized spacial score (nSPS) is 19.3. The first-order valence-electron chi connectivity index (χ1n) is 8.45. The lowest BCUT2D eigenvalue weighted by molar-refractivity contribution is 0.144. The Hall–Kier alpha value is -2.01. The van der Waals surface area contributed by atoms with E-state index in [0.29, 0.717) is 0 Å². The summed E-state index contributed by atoms with van der Waals surface area (Å²) in [4.78, 5) is 16.8. The Labute approximate surface area is 136 Å². The van der Waals surface area contributed by atoms with Crippen LogP contribution in [0.4, 0.5) is 10.5 Å². The molecule has 1 N–H and O–H groups in total. The smallest absolute Gasteiger partial charge is 0.321 e. The van der Waals surface area contributed by atoms with E-state index in [1.165, 1.54) is 19.4 Å². The molecule has 0 radical (unpaired) electrons. The van der Waals surface area contributed by atoms with Gasteiger partial charge in [-0.3, -0.25) is 4.90 Å². The second-order valence-corrected chi connectivity index (χ2v) is 6.79. The zero-order valence-corrected chi connectivity index (χ0v) is 13.5. The van der Waals surface area contributed by atoms with E-state index in [1.807, 2.05) is 30.0 Å². The molecule has 0 spiro atoms. The predicted octanol–water partition coefficient (Wildman–Crippen LogP) is 3.30. The van der Waals surface area contributed by atoms with Gasteiger partial charge in [-0.05, 0) is 49.4 Å². The molecule has 2 aliphatic rings. The number of benzene rings is 1. The van der Waals surface area contributed by atoms with Gasteiger partial charge < -0.3 is 14.6 Å². The number of anilines is 1. The predicted molar refractivity (Wildman–Crippen MR) is 90.7 cm³/mol. The number of rotatable bonds is 3. The fraction of sp³-hybridized carbons (Fsp3) is 0.500. The van der Waals surface area contributed by atoms with Crippen molar-refractivity contribution in [2.45, 2.75) is 19.8 Å². The maximum absolute atomic E-state index is 12.4. The summed E-state index contributed by atoms with van der Waals surface area (Å²) in [5.74, 6) is 0.917. The van der Waals surface area contributed by atoms with E-state index in [2.05, 4.69) is 10.2 Å². The second kappa shape index (κ2) is 5.89. The summed E-state index contributed by atoms with van der Waals surface area (Å²) in [6, 6.07) is 5.78. The molecule has 2 fully saturated rings. The van der Waals surface area contributed by atoms with Crippen molar-refractivity contribution in [3.05, 3.63) is 30.0 Å². The lowest BCUT2D eigenvalue weighted by Crippen LogP contribution is -2.50. The molecule has 2 amide bonds. The number of furan rings is 1. The number of piperazine rings is 1. The highest BCUT2D eigenvalue weighted by molar-refractivity contribution is 5.93. The Bertz CT molecular complexity index is 712. The average molecular weight is 313 g/mol. The van der Waals surface area contributed by atoms with Gasteiger partial charge in [0.1, 0.15) is 5.58 Å². The van der Waals surface area contributed by atoms with Gasteiger partial charge in [0.05, 0.1) is 6.26 Å². The van der Waals surface area contributed by atoms with Crippen molar-refractivity contribution >= 4 is 22.7 Å². The maximum atomic E-state index is 12.4. The summed E-state index contributed by atoms with van der Waals surface area (Å²) >= 11 is 0. The van der Waals surface area contributed by atoms with Crippen LogP contribution in [0.15, 0.2) is 28.9 Å². The third-order valence-corrected chi connectivity index (χ3v) is 4.89. The Kier molecular flexibility index (Phi) is 3.73. The summed E-state index contributed by atoms with van der Waals surface area (Å²) in [7, 11) is 0. The van der Waals surface area contributed by atoms with E-state index in [-0.39, 0.29) is 6.03 Å². The van der Waals surface area contributed by atoms with Crippen LogP contribution >= 0.6 is 0 Å². The summed E-state index contributed by atoms with van der Waals surface area (Å²) in [5, 5.41) is 4.07. The molecular weight excluding hydrogens is 290 g/mol. The van der Waals surface area contributed by atoms with Gasteiger partial charge in [-0.25, -0.2) is 4.79 Å². The average Bonchev–Trinajstić information content (AvgIpc) is 3.30. The molecule has 1 aromatic heterocycles. The minimum atomic E-state index is -0.00318. The van der Waals surface area contributed by atoms with Crippen LogP contribution in [0.2, 0.25) is 0 Å². The van der Waals surface area contributed by atoms with Crippen LogP contribution in [0.25, 0.3) is 11.0 Å². The fourth-order valence-electron chi connectivity index (χ4n) is 3.24. The largest absolute Gasteiger partial charge is 0.464 e. The zero-order valence-electron chi connectivity index (χ0n) is 13.5. The number of nitrogens with one attached hydrogen (secondary N) is 1. The standard InChI is InChI=1S/C18H23N3O2/c1-13-12-23-17-5-4-15(10-16(13)17)19-18(22)21-8-6-20(7-9-21)11-14-2-3-14/h4-5,10,12,14H,2-3,6-9,11H2,1H3,(H,19,22). The zero-order chi connectivity index (χ0) is 15.8. The van der Waals surface area contributed by atoms with E-state index < -0.39 is 0 Å². The van der Waals surface area contributed by atoms with Gasteiger partial charge in [0.2, 0.25) is 0 Å². The third-order valence-electron chi connectivity index (χ3n) is 4.89. The van der Waals surface area contributed by atoms with Crippen molar-refractivity contribution in [2.75, 3.05) is 38.0 Å². The van der Waals surface area contributed by atoms with Crippen molar-refractivity contribution in [1.82, 2.24) is 9.80 Å². The fourth-order valence-corrected chi connectivity index (χ4v) is 3.24. The van der Waals surface area contributed by atoms with Crippen molar-refractivity contribution in [3.63, 3.8) is 0 Å². The molecule has 23 heavy (non-hydrogen) atoms. The molecule has 122 valence electrons. The molecule has 1 saturated carbocycles. The molecule has 5 heteroatoms. The molecule has 1 saturated heterocycles. The third kappa shape index (κ3) is 3.20. The highest BCUT2D eigenvalue weighted by Gasteiger charge is 2.27. The Morgan fingerprint density at radius 3 is 2.78 bits per heavy atom. The number of aryl methyl sites for hydroxylation is 1. The second-order valence-electron chi connectivity index (χ2n) is 6.79. The molecule has 1 aromatic carbocycles. The number of carbonyl (C=O) groups is 1. The molecule has 0 atom stereocenters. The molecule has 0 unspecified atom stereocenters. The topological polar surface area (TPSA) is 48.7 Å². The summed E-state index contributed by atoms with van der Waals surface area (Å²) in [6.07, 6.45) is 4.52. The van der Waals surface area contributed by atoms with Crippen molar-refractivity contribution in [3.8, 4) is 0 Å². The molecular formula is C18H23N3O2. The van der Waals surface area contributed by atoms with Gasteiger partial charge >= 0.3 is 6.03 Å². The molecule has 2 aromatic rings. The van der Waals surface area contributed by atoms with Gasteiger partial charge in [0, 0.05) is 43.8 Å².